The highest BCUT2D eigenvalue weighted by molar-refractivity contribution is 5.97. The Morgan fingerprint density at radius 3 is 2.39 bits per heavy atom. The van der Waals surface area contributed by atoms with Crippen molar-refractivity contribution >= 4 is 21.9 Å². The van der Waals surface area contributed by atoms with Gasteiger partial charge in [-0.05, 0) is 12.1 Å². The van der Waals surface area contributed by atoms with Crippen molar-refractivity contribution in [3.8, 4) is 23.0 Å². The number of methoxy groups -OCH3 is 1. The third-order valence-corrected chi connectivity index (χ3v) is 5.14. The molecule has 0 aliphatic carbocycles. The lowest BCUT2D eigenvalue weighted by Gasteiger charge is -2.39. The summed E-state index contributed by atoms with van der Waals surface area (Å²) < 4.78 is 21.5. The Labute approximate surface area is 173 Å². The lowest BCUT2D eigenvalue weighted by atomic mass is 9.99. The Kier molecular flexibility index (Phi) is 5.37. The molecule has 0 saturated carbocycles. The van der Waals surface area contributed by atoms with Gasteiger partial charge in [-0.3, -0.25) is 4.79 Å². The molecule has 1 fully saturated rings. The Hall–Kier alpha value is -3.09. The van der Waals surface area contributed by atoms with Crippen molar-refractivity contribution in [3.63, 3.8) is 0 Å². The lowest BCUT2D eigenvalue weighted by Crippen LogP contribution is -2.60. The molecule has 2 heterocycles. The van der Waals surface area contributed by atoms with E-state index in [0.29, 0.717) is 0 Å². The van der Waals surface area contributed by atoms with Crippen LogP contribution < -0.4 is 14.9 Å². The van der Waals surface area contributed by atoms with Gasteiger partial charge < -0.3 is 49.3 Å². The number of phenols is 2. The minimum atomic E-state index is -1.74. The zero-order valence-electron chi connectivity index (χ0n) is 16.1. The van der Waals surface area contributed by atoms with Gasteiger partial charge in [0.25, 0.3) is 0 Å². The average Bonchev–Trinajstić information content (AvgIpc) is 2.73. The van der Waals surface area contributed by atoms with E-state index in [-0.39, 0.29) is 39.2 Å². The van der Waals surface area contributed by atoms with Gasteiger partial charge in [0.1, 0.15) is 57.9 Å². The normalized spacial score (nSPS) is 26.3. The number of benzene rings is 2. The first-order valence-corrected chi connectivity index (χ1v) is 9.23. The minimum absolute atomic E-state index is 0.0280. The Morgan fingerprint density at radius 2 is 1.71 bits per heavy atom. The highest BCUT2D eigenvalue weighted by atomic mass is 16.7. The molecule has 6 N–H and O–H groups in total. The number of phenolic OH excluding ortho intramolecular Hbond substituents is 2. The summed E-state index contributed by atoms with van der Waals surface area (Å²) in [5.74, 6) is -1.04. The molecule has 11 heteroatoms. The van der Waals surface area contributed by atoms with Crippen molar-refractivity contribution in [1.82, 2.24) is 0 Å². The van der Waals surface area contributed by atoms with Crippen molar-refractivity contribution in [2.45, 2.75) is 30.7 Å². The second-order valence-corrected chi connectivity index (χ2v) is 7.05. The number of aliphatic hydroxyl groups excluding tert-OH is 4. The Bertz CT molecular complexity index is 1190. The molecule has 4 rings (SSSR count). The van der Waals surface area contributed by atoms with E-state index in [1.807, 2.05) is 0 Å². The van der Waals surface area contributed by atoms with E-state index in [0.717, 1.165) is 12.1 Å². The van der Waals surface area contributed by atoms with Gasteiger partial charge in [-0.25, -0.2) is 0 Å². The molecule has 1 aromatic heterocycles. The van der Waals surface area contributed by atoms with Crippen LogP contribution in [0.5, 0.6) is 23.0 Å². The molecule has 31 heavy (non-hydrogen) atoms. The quantitative estimate of drug-likeness (QED) is 0.292. The maximum Gasteiger partial charge on any atom is 0.229 e. The van der Waals surface area contributed by atoms with Crippen LogP contribution >= 0.6 is 0 Å². The van der Waals surface area contributed by atoms with Gasteiger partial charge in [0.05, 0.1) is 13.7 Å². The van der Waals surface area contributed by atoms with Gasteiger partial charge in [-0.1, -0.05) is 0 Å². The fourth-order valence-corrected chi connectivity index (χ4v) is 3.53. The van der Waals surface area contributed by atoms with E-state index in [4.69, 9.17) is 18.6 Å². The summed E-state index contributed by atoms with van der Waals surface area (Å²) in [5.41, 5.74) is -0.769. The highest BCUT2D eigenvalue weighted by Crippen LogP contribution is 2.37. The molecule has 166 valence electrons. The van der Waals surface area contributed by atoms with Crippen LogP contribution in [0.4, 0.5) is 0 Å². The summed E-state index contributed by atoms with van der Waals surface area (Å²) >= 11 is 0. The molecule has 0 amide bonds. The second-order valence-electron chi connectivity index (χ2n) is 7.05. The maximum absolute atomic E-state index is 13.2. The van der Waals surface area contributed by atoms with Crippen LogP contribution in [0.15, 0.2) is 33.5 Å². The fourth-order valence-electron chi connectivity index (χ4n) is 3.53. The van der Waals surface area contributed by atoms with Gasteiger partial charge in [0.2, 0.25) is 11.7 Å². The predicted molar refractivity (Wildman–Crippen MR) is 104 cm³/mol. The Morgan fingerprint density at radius 1 is 0.968 bits per heavy atom. The number of aliphatic hydroxyl groups is 4. The first-order chi connectivity index (χ1) is 14.8. The third-order valence-electron chi connectivity index (χ3n) is 5.14. The molecular weight excluding hydrogens is 416 g/mol. The molecule has 2 aromatic carbocycles. The molecule has 5 atom stereocenters. The van der Waals surface area contributed by atoms with Crippen molar-refractivity contribution in [3.05, 3.63) is 34.5 Å². The van der Waals surface area contributed by atoms with Crippen LogP contribution in [0.2, 0.25) is 0 Å². The smallest absolute Gasteiger partial charge is 0.229 e. The van der Waals surface area contributed by atoms with Gasteiger partial charge >= 0.3 is 0 Å². The number of rotatable bonds is 4. The van der Waals surface area contributed by atoms with Crippen molar-refractivity contribution in [1.29, 1.82) is 0 Å². The monoisotopic (exact) mass is 436 g/mol. The zero-order chi connectivity index (χ0) is 22.4. The van der Waals surface area contributed by atoms with E-state index < -0.39 is 48.5 Å². The number of hydrogen-bond donors (Lipinski definition) is 6. The molecule has 1 aliphatic rings. The highest BCUT2D eigenvalue weighted by Gasteiger charge is 2.45. The number of hydrogen-bond acceptors (Lipinski definition) is 11. The topological polar surface area (TPSA) is 179 Å². The molecular formula is C20H20O11. The molecule has 0 bridgehead atoms. The summed E-state index contributed by atoms with van der Waals surface area (Å²) in [7, 11) is 1.31. The van der Waals surface area contributed by atoms with Crippen LogP contribution in [0.3, 0.4) is 0 Å². The number of aromatic hydroxyl groups is 2. The van der Waals surface area contributed by atoms with Gasteiger partial charge in [-0.15, -0.1) is 0 Å². The molecule has 3 aromatic rings. The maximum atomic E-state index is 13.2. The van der Waals surface area contributed by atoms with Crippen molar-refractivity contribution < 1.29 is 49.3 Å². The SMILES string of the molecule is COc1ccc2oc3cc(O)cc(OC4OC(CO)C(O)C(O)C4O)c3c(=O)c2c1O. The van der Waals surface area contributed by atoms with Crippen LogP contribution in [-0.2, 0) is 4.74 Å². The van der Waals surface area contributed by atoms with E-state index in [1.54, 1.807) is 0 Å². The van der Waals surface area contributed by atoms with Gasteiger partial charge in [0, 0.05) is 12.1 Å². The summed E-state index contributed by atoms with van der Waals surface area (Å²) in [4.78, 5) is 13.2. The van der Waals surface area contributed by atoms with Crippen LogP contribution in [-0.4, -0.2) is 75.1 Å². The molecule has 0 radical (unpaired) electrons. The largest absolute Gasteiger partial charge is 0.508 e. The van der Waals surface area contributed by atoms with Crippen molar-refractivity contribution in [2.75, 3.05) is 13.7 Å². The van der Waals surface area contributed by atoms with Gasteiger partial charge in [0.15, 0.2) is 11.5 Å². The fraction of sp³-hybridized carbons (Fsp3) is 0.350. The Balaban J connectivity index is 1.88. The lowest BCUT2D eigenvalue weighted by molar-refractivity contribution is -0.277. The third kappa shape index (κ3) is 3.42. The summed E-state index contributed by atoms with van der Waals surface area (Å²) in [6, 6.07) is 5.04. The van der Waals surface area contributed by atoms with Gasteiger partial charge in [-0.2, -0.15) is 0 Å². The summed E-state index contributed by atoms with van der Waals surface area (Å²) in [6.07, 6.45) is -7.88. The number of fused-ring (bicyclic) bond motifs is 2. The predicted octanol–water partition coefficient (Wildman–Crippen LogP) is -0.455. The number of ether oxygens (including phenoxy) is 3. The second kappa shape index (κ2) is 7.87. The molecule has 1 aliphatic heterocycles. The molecule has 5 unspecified atom stereocenters. The minimum Gasteiger partial charge on any atom is -0.508 e. The van der Waals surface area contributed by atoms with Crippen LogP contribution in [0.1, 0.15) is 0 Å². The summed E-state index contributed by atoms with van der Waals surface area (Å²) in [5, 5.41) is 59.5. The summed E-state index contributed by atoms with van der Waals surface area (Å²) in [6.45, 7) is -0.675. The molecule has 1 saturated heterocycles. The van der Waals surface area contributed by atoms with E-state index >= 15 is 0 Å². The van der Waals surface area contributed by atoms with Crippen LogP contribution in [0.25, 0.3) is 21.9 Å². The van der Waals surface area contributed by atoms with Crippen molar-refractivity contribution in [2.24, 2.45) is 0 Å². The molecule has 0 spiro atoms. The first-order valence-electron chi connectivity index (χ1n) is 9.23. The molecule has 11 nitrogen and oxygen atoms in total. The van der Waals surface area contributed by atoms with E-state index in [9.17, 15) is 35.4 Å². The first kappa shape index (κ1) is 21.2. The average molecular weight is 436 g/mol. The van der Waals surface area contributed by atoms with E-state index in [1.165, 1.54) is 19.2 Å². The standard InChI is InChI=1S/C20H20O11/c1-28-9-3-2-8-14(15(9)23)17(25)13-10(29-8)4-7(22)5-11(13)30-20-19(27)18(26)16(24)12(6-21)31-20/h2-5,12,16,18-24,26-27H,6H2,1H3. The zero-order valence-corrected chi connectivity index (χ0v) is 16.1. The van der Waals surface area contributed by atoms with E-state index in [2.05, 4.69) is 0 Å². The van der Waals surface area contributed by atoms with Crippen LogP contribution in [0, 0.1) is 0 Å².